The first-order chi connectivity index (χ1) is 13.6. The minimum atomic E-state index is -0.556. The van der Waals surface area contributed by atoms with Gasteiger partial charge in [0.05, 0.1) is 42.3 Å². The van der Waals surface area contributed by atoms with Crippen LogP contribution in [0.5, 0.6) is 0 Å². The third-order valence-electron chi connectivity index (χ3n) is 5.12. The van der Waals surface area contributed by atoms with E-state index >= 15 is 0 Å². The van der Waals surface area contributed by atoms with Crippen molar-refractivity contribution in [3.8, 4) is 0 Å². The summed E-state index contributed by atoms with van der Waals surface area (Å²) in [5.41, 5.74) is 3.38. The number of aromatic nitrogens is 4. The summed E-state index contributed by atoms with van der Waals surface area (Å²) in [6.45, 7) is 4.49. The maximum Gasteiger partial charge on any atom is 0.257 e. The number of aliphatic hydroxyl groups is 1. The molecule has 0 aliphatic carbocycles. The van der Waals surface area contributed by atoms with Gasteiger partial charge in [0, 0.05) is 19.3 Å². The van der Waals surface area contributed by atoms with Gasteiger partial charge in [-0.15, -0.1) is 0 Å². The maximum atomic E-state index is 13.0. The Morgan fingerprint density at radius 3 is 2.86 bits per heavy atom. The summed E-state index contributed by atoms with van der Waals surface area (Å²) in [5.74, 6) is -0.0217. The molecular formula is C21H25N5O2. The lowest BCUT2D eigenvalue weighted by atomic mass is 10.2. The Bertz CT molecular complexity index is 947. The van der Waals surface area contributed by atoms with Crippen LogP contribution in [0.25, 0.3) is 0 Å². The van der Waals surface area contributed by atoms with Gasteiger partial charge >= 0.3 is 0 Å². The highest BCUT2D eigenvalue weighted by molar-refractivity contribution is 5.93. The van der Waals surface area contributed by atoms with Gasteiger partial charge < -0.3 is 10.0 Å². The second-order valence-corrected chi connectivity index (χ2v) is 7.20. The van der Waals surface area contributed by atoms with Crippen molar-refractivity contribution >= 4 is 5.91 Å². The van der Waals surface area contributed by atoms with Gasteiger partial charge in [-0.3, -0.25) is 14.2 Å². The van der Waals surface area contributed by atoms with Crippen LogP contribution < -0.4 is 0 Å². The highest BCUT2D eigenvalue weighted by Crippen LogP contribution is 2.21. The number of nitrogens with zero attached hydrogens (tertiary/aromatic N) is 5. The molecule has 1 aliphatic rings. The van der Waals surface area contributed by atoms with Gasteiger partial charge in [-0.2, -0.15) is 10.2 Å². The standard InChI is InChI=1S/C21H25N5O2/c1-2-20(27)19-11-18-15-24(9-6-10-26(18)23-19)21(28)17-12-22-25(14-17)13-16-7-4-3-5-8-16/h3-5,7-8,11-12,14,20,27H,2,6,9-10,13,15H2,1H3/t20-/m1/s1. The van der Waals surface area contributed by atoms with Gasteiger partial charge in [0.15, 0.2) is 0 Å². The average Bonchev–Trinajstić information content (AvgIpc) is 3.29. The highest BCUT2D eigenvalue weighted by atomic mass is 16.3. The minimum Gasteiger partial charge on any atom is -0.387 e. The van der Waals surface area contributed by atoms with Crippen LogP contribution >= 0.6 is 0 Å². The van der Waals surface area contributed by atoms with E-state index in [0.717, 1.165) is 24.2 Å². The fourth-order valence-electron chi connectivity index (χ4n) is 3.54. The monoisotopic (exact) mass is 379 g/mol. The lowest BCUT2D eigenvalue weighted by Crippen LogP contribution is -2.30. The first-order valence-corrected chi connectivity index (χ1v) is 9.74. The summed E-state index contributed by atoms with van der Waals surface area (Å²) in [4.78, 5) is 14.9. The molecule has 1 aromatic carbocycles. The predicted molar refractivity (Wildman–Crippen MR) is 105 cm³/mol. The summed E-state index contributed by atoms with van der Waals surface area (Å²) in [5, 5.41) is 18.9. The molecule has 2 aromatic heterocycles. The van der Waals surface area contributed by atoms with Gasteiger partial charge in [-0.1, -0.05) is 37.3 Å². The molecule has 1 atom stereocenters. The molecule has 1 amide bonds. The number of fused-ring (bicyclic) bond motifs is 1. The summed E-state index contributed by atoms with van der Waals surface area (Å²) < 4.78 is 3.71. The van der Waals surface area contributed by atoms with Crippen LogP contribution in [0.2, 0.25) is 0 Å². The Labute approximate surface area is 164 Å². The zero-order chi connectivity index (χ0) is 19.5. The molecule has 1 aliphatic heterocycles. The second kappa shape index (κ2) is 7.98. The van der Waals surface area contributed by atoms with E-state index in [1.165, 1.54) is 0 Å². The van der Waals surface area contributed by atoms with E-state index in [-0.39, 0.29) is 5.91 Å². The lowest BCUT2D eigenvalue weighted by molar-refractivity contribution is 0.0745. The predicted octanol–water partition coefficient (Wildman–Crippen LogP) is 2.62. The van der Waals surface area contributed by atoms with Gasteiger partial charge in [0.1, 0.15) is 0 Å². The Morgan fingerprint density at radius 2 is 2.07 bits per heavy atom. The van der Waals surface area contributed by atoms with E-state index in [1.54, 1.807) is 10.9 Å². The summed E-state index contributed by atoms with van der Waals surface area (Å²) in [6, 6.07) is 12.0. The van der Waals surface area contributed by atoms with E-state index < -0.39 is 6.10 Å². The van der Waals surface area contributed by atoms with Crippen LogP contribution in [0.15, 0.2) is 48.8 Å². The molecule has 0 saturated carbocycles. The van der Waals surface area contributed by atoms with Crippen LogP contribution in [0.1, 0.15) is 53.2 Å². The van der Waals surface area contributed by atoms with Gasteiger partial charge in [0.25, 0.3) is 5.91 Å². The number of hydrogen-bond acceptors (Lipinski definition) is 4. The topological polar surface area (TPSA) is 76.2 Å². The maximum absolute atomic E-state index is 13.0. The molecule has 0 fully saturated rings. The molecule has 0 spiro atoms. The fourth-order valence-corrected chi connectivity index (χ4v) is 3.54. The van der Waals surface area contributed by atoms with Gasteiger partial charge in [-0.25, -0.2) is 0 Å². The van der Waals surface area contributed by atoms with E-state index in [4.69, 9.17) is 0 Å². The zero-order valence-electron chi connectivity index (χ0n) is 16.0. The Kier molecular flexibility index (Phi) is 5.25. The summed E-state index contributed by atoms with van der Waals surface area (Å²) in [6.07, 6.45) is 4.35. The van der Waals surface area contributed by atoms with Crippen molar-refractivity contribution in [2.45, 2.75) is 45.5 Å². The third kappa shape index (κ3) is 3.84. The van der Waals surface area contributed by atoms with Crippen molar-refractivity contribution in [1.29, 1.82) is 0 Å². The molecule has 0 radical (unpaired) electrons. The fraction of sp³-hybridized carbons (Fsp3) is 0.381. The summed E-state index contributed by atoms with van der Waals surface area (Å²) in [7, 11) is 0. The van der Waals surface area contributed by atoms with Gasteiger partial charge in [-0.05, 0) is 24.5 Å². The quantitative estimate of drug-likeness (QED) is 0.739. The van der Waals surface area contributed by atoms with Crippen molar-refractivity contribution in [1.82, 2.24) is 24.5 Å². The van der Waals surface area contributed by atoms with Crippen LogP contribution in [-0.2, 0) is 19.6 Å². The zero-order valence-corrected chi connectivity index (χ0v) is 16.0. The van der Waals surface area contributed by atoms with Crippen molar-refractivity contribution in [3.63, 3.8) is 0 Å². The van der Waals surface area contributed by atoms with Crippen molar-refractivity contribution < 1.29 is 9.90 Å². The average molecular weight is 379 g/mol. The molecule has 1 N–H and O–H groups in total. The normalized spacial score (nSPS) is 15.1. The molecule has 28 heavy (non-hydrogen) atoms. The highest BCUT2D eigenvalue weighted by Gasteiger charge is 2.23. The summed E-state index contributed by atoms with van der Waals surface area (Å²) >= 11 is 0. The molecule has 7 nitrogen and oxygen atoms in total. The van der Waals surface area contributed by atoms with Gasteiger partial charge in [0.2, 0.25) is 0 Å². The molecule has 146 valence electrons. The van der Waals surface area contributed by atoms with Crippen molar-refractivity contribution in [2.24, 2.45) is 0 Å². The molecule has 7 heteroatoms. The number of carbonyl (C=O) groups is 1. The number of benzene rings is 1. The minimum absolute atomic E-state index is 0.0217. The molecule has 0 unspecified atom stereocenters. The van der Waals surface area contributed by atoms with Crippen LogP contribution in [0, 0.1) is 0 Å². The SMILES string of the molecule is CC[C@@H](O)c1cc2n(n1)CCCN(C(=O)c1cnn(Cc3ccccc3)c1)C2. The largest absolute Gasteiger partial charge is 0.387 e. The number of aliphatic hydroxyl groups excluding tert-OH is 1. The third-order valence-corrected chi connectivity index (χ3v) is 5.12. The number of aryl methyl sites for hydroxylation is 1. The molecule has 3 aromatic rings. The first-order valence-electron chi connectivity index (χ1n) is 9.74. The van der Waals surface area contributed by atoms with Crippen molar-refractivity contribution in [3.05, 3.63) is 71.3 Å². The first kappa shape index (κ1) is 18.4. The number of hydrogen-bond donors (Lipinski definition) is 1. The van der Waals surface area contributed by atoms with E-state index in [0.29, 0.717) is 37.3 Å². The molecule has 0 bridgehead atoms. The number of amides is 1. The Hall–Kier alpha value is -2.93. The van der Waals surface area contributed by atoms with E-state index in [2.05, 4.69) is 10.2 Å². The van der Waals surface area contributed by atoms with Crippen molar-refractivity contribution in [2.75, 3.05) is 6.54 Å². The van der Waals surface area contributed by atoms with Crippen LogP contribution in [0.3, 0.4) is 0 Å². The smallest absolute Gasteiger partial charge is 0.257 e. The Morgan fingerprint density at radius 1 is 1.25 bits per heavy atom. The Balaban J connectivity index is 1.48. The molecular weight excluding hydrogens is 354 g/mol. The number of rotatable bonds is 5. The second-order valence-electron chi connectivity index (χ2n) is 7.20. The molecule has 3 heterocycles. The number of carbonyl (C=O) groups excluding carboxylic acids is 1. The molecule has 4 rings (SSSR count). The molecule has 0 saturated heterocycles. The van der Waals surface area contributed by atoms with E-state index in [1.807, 2.05) is 59.1 Å². The van der Waals surface area contributed by atoms with Crippen LogP contribution in [-0.4, -0.2) is 42.0 Å². The van der Waals surface area contributed by atoms with Crippen LogP contribution in [0.4, 0.5) is 0 Å². The lowest BCUT2D eigenvalue weighted by Gasteiger charge is -2.19. The van der Waals surface area contributed by atoms with E-state index in [9.17, 15) is 9.90 Å².